The zero-order chi connectivity index (χ0) is 19.4. The van der Waals surface area contributed by atoms with Gasteiger partial charge in [-0.25, -0.2) is 4.98 Å². The maximum Gasteiger partial charge on any atom is 0.223 e. The lowest BCUT2D eigenvalue weighted by molar-refractivity contribution is 0.452. The SMILES string of the molecule is Cc1cccc(CSc2nc(Oc3ccc(Cl)c(C)c3)cc(C(C)C)n2)c1. The number of aryl methyl sites for hydroxylation is 2. The van der Waals surface area contributed by atoms with Crippen molar-refractivity contribution in [3.05, 3.63) is 75.9 Å². The van der Waals surface area contributed by atoms with E-state index in [1.54, 1.807) is 11.8 Å². The Labute approximate surface area is 170 Å². The first-order chi connectivity index (χ1) is 12.9. The van der Waals surface area contributed by atoms with Gasteiger partial charge in [0.05, 0.1) is 5.69 Å². The molecule has 5 heteroatoms. The number of ether oxygens (including phenoxy) is 1. The molecular weight excluding hydrogens is 376 g/mol. The second-order valence-corrected chi connectivity index (χ2v) is 8.21. The lowest BCUT2D eigenvalue weighted by Gasteiger charge is -2.12. The summed E-state index contributed by atoms with van der Waals surface area (Å²) in [5.41, 5.74) is 4.46. The van der Waals surface area contributed by atoms with Crippen molar-refractivity contribution >= 4 is 23.4 Å². The average Bonchev–Trinajstić information content (AvgIpc) is 2.63. The van der Waals surface area contributed by atoms with Crippen molar-refractivity contribution in [2.24, 2.45) is 0 Å². The molecule has 0 aliphatic carbocycles. The highest BCUT2D eigenvalue weighted by atomic mass is 35.5. The van der Waals surface area contributed by atoms with Gasteiger partial charge in [-0.3, -0.25) is 0 Å². The fourth-order valence-electron chi connectivity index (χ4n) is 2.58. The lowest BCUT2D eigenvalue weighted by Crippen LogP contribution is -2.00. The van der Waals surface area contributed by atoms with Crippen LogP contribution in [-0.2, 0) is 5.75 Å². The summed E-state index contributed by atoms with van der Waals surface area (Å²) in [7, 11) is 0. The first kappa shape index (κ1) is 19.7. The van der Waals surface area contributed by atoms with Gasteiger partial charge in [-0.15, -0.1) is 0 Å². The minimum atomic E-state index is 0.292. The number of benzene rings is 2. The second-order valence-electron chi connectivity index (χ2n) is 6.86. The molecule has 0 saturated heterocycles. The third-order valence-electron chi connectivity index (χ3n) is 4.10. The molecule has 0 amide bonds. The maximum absolute atomic E-state index is 6.10. The maximum atomic E-state index is 6.10. The van der Waals surface area contributed by atoms with Gasteiger partial charge in [0.1, 0.15) is 5.75 Å². The van der Waals surface area contributed by atoms with Crippen molar-refractivity contribution in [1.29, 1.82) is 0 Å². The van der Waals surface area contributed by atoms with Gasteiger partial charge in [-0.05, 0) is 49.1 Å². The first-order valence-corrected chi connectivity index (χ1v) is 10.3. The Morgan fingerprint density at radius 1 is 1.04 bits per heavy atom. The van der Waals surface area contributed by atoms with Gasteiger partial charge in [0.25, 0.3) is 0 Å². The van der Waals surface area contributed by atoms with E-state index < -0.39 is 0 Å². The van der Waals surface area contributed by atoms with Crippen molar-refractivity contribution in [3.8, 4) is 11.6 Å². The molecule has 0 N–H and O–H groups in total. The highest BCUT2D eigenvalue weighted by molar-refractivity contribution is 7.98. The predicted octanol–water partition coefficient (Wildman–Crippen LogP) is 6.95. The van der Waals surface area contributed by atoms with Crippen LogP contribution in [0.2, 0.25) is 5.02 Å². The molecule has 0 aliphatic rings. The quantitative estimate of drug-likeness (QED) is 0.332. The van der Waals surface area contributed by atoms with E-state index in [1.807, 2.05) is 31.2 Å². The standard InChI is InChI=1S/C22H23ClN2OS/c1-14(2)20-12-21(26-18-8-9-19(23)16(4)11-18)25-22(24-20)27-13-17-7-5-6-15(3)10-17/h5-12,14H,13H2,1-4H3. The Morgan fingerprint density at radius 3 is 2.56 bits per heavy atom. The third-order valence-corrected chi connectivity index (χ3v) is 5.44. The molecule has 0 saturated carbocycles. The van der Waals surface area contributed by atoms with Crippen molar-refractivity contribution in [2.45, 2.75) is 44.5 Å². The highest BCUT2D eigenvalue weighted by Crippen LogP contribution is 2.29. The van der Waals surface area contributed by atoms with E-state index in [2.05, 4.69) is 50.0 Å². The molecule has 27 heavy (non-hydrogen) atoms. The molecule has 0 bridgehead atoms. The number of rotatable bonds is 6. The van der Waals surface area contributed by atoms with Crippen LogP contribution in [0.25, 0.3) is 0 Å². The molecule has 3 rings (SSSR count). The van der Waals surface area contributed by atoms with Crippen LogP contribution in [-0.4, -0.2) is 9.97 Å². The van der Waals surface area contributed by atoms with E-state index >= 15 is 0 Å². The largest absolute Gasteiger partial charge is 0.439 e. The van der Waals surface area contributed by atoms with E-state index in [4.69, 9.17) is 21.3 Å². The monoisotopic (exact) mass is 398 g/mol. The summed E-state index contributed by atoms with van der Waals surface area (Å²) in [4.78, 5) is 9.29. The fourth-order valence-corrected chi connectivity index (χ4v) is 3.50. The minimum Gasteiger partial charge on any atom is -0.439 e. The Balaban J connectivity index is 1.82. The van der Waals surface area contributed by atoms with Crippen molar-refractivity contribution in [1.82, 2.24) is 9.97 Å². The van der Waals surface area contributed by atoms with Crippen LogP contribution in [0.4, 0.5) is 0 Å². The molecule has 0 unspecified atom stereocenters. The zero-order valence-electron chi connectivity index (χ0n) is 16.0. The summed E-state index contributed by atoms with van der Waals surface area (Å²) in [5, 5.41) is 1.45. The second kappa shape index (κ2) is 8.77. The van der Waals surface area contributed by atoms with E-state index in [0.717, 1.165) is 32.9 Å². The van der Waals surface area contributed by atoms with E-state index in [-0.39, 0.29) is 0 Å². The first-order valence-electron chi connectivity index (χ1n) is 8.92. The van der Waals surface area contributed by atoms with Crippen molar-refractivity contribution in [2.75, 3.05) is 0 Å². The van der Waals surface area contributed by atoms with E-state index in [9.17, 15) is 0 Å². The third kappa shape index (κ3) is 5.47. The smallest absolute Gasteiger partial charge is 0.223 e. The summed E-state index contributed by atoms with van der Waals surface area (Å²) in [6, 6.07) is 16.0. The van der Waals surface area contributed by atoms with Crippen molar-refractivity contribution < 1.29 is 4.74 Å². The number of hydrogen-bond acceptors (Lipinski definition) is 4. The molecule has 0 radical (unpaired) electrons. The number of halogens is 1. The van der Waals surface area contributed by atoms with Gasteiger partial charge in [0.2, 0.25) is 5.88 Å². The molecule has 3 nitrogen and oxygen atoms in total. The van der Waals surface area contributed by atoms with Crippen molar-refractivity contribution in [3.63, 3.8) is 0 Å². The predicted molar refractivity (Wildman–Crippen MR) is 113 cm³/mol. The van der Waals surface area contributed by atoms with Gasteiger partial charge in [0.15, 0.2) is 5.16 Å². The van der Waals surface area contributed by atoms with Crippen LogP contribution in [0.15, 0.2) is 53.7 Å². The summed E-state index contributed by atoms with van der Waals surface area (Å²) in [5.74, 6) is 2.39. The van der Waals surface area contributed by atoms with Crippen LogP contribution in [0.3, 0.4) is 0 Å². The van der Waals surface area contributed by atoms with Crippen LogP contribution in [0.1, 0.15) is 42.1 Å². The Morgan fingerprint density at radius 2 is 1.85 bits per heavy atom. The molecule has 2 aromatic carbocycles. The molecule has 0 atom stereocenters. The molecule has 0 spiro atoms. The molecule has 0 fully saturated rings. The fraction of sp³-hybridized carbons (Fsp3) is 0.273. The summed E-state index contributed by atoms with van der Waals surface area (Å²) >= 11 is 7.72. The van der Waals surface area contributed by atoms with Gasteiger partial charge in [-0.1, -0.05) is 67.0 Å². The van der Waals surface area contributed by atoms with Gasteiger partial charge < -0.3 is 4.74 Å². The number of nitrogens with zero attached hydrogens (tertiary/aromatic N) is 2. The lowest BCUT2D eigenvalue weighted by atomic mass is 10.1. The van der Waals surface area contributed by atoms with Crippen LogP contribution in [0, 0.1) is 13.8 Å². The van der Waals surface area contributed by atoms with E-state index in [0.29, 0.717) is 11.8 Å². The molecule has 140 valence electrons. The summed E-state index contributed by atoms with van der Waals surface area (Å²) in [6.07, 6.45) is 0. The van der Waals surface area contributed by atoms with Crippen LogP contribution in [0.5, 0.6) is 11.6 Å². The Hall–Kier alpha value is -2.04. The van der Waals surface area contributed by atoms with Gasteiger partial charge in [-0.2, -0.15) is 4.98 Å². The van der Waals surface area contributed by atoms with E-state index in [1.165, 1.54) is 11.1 Å². The molecule has 0 aliphatic heterocycles. The summed E-state index contributed by atoms with van der Waals surface area (Å²) in [6.45, 7) is 8.29. The number of aromatic nitrogens is 2. The Kier molecular flexibility index (Phi) is 6.40. The topological polar surface area (TPSA) is 35.0 Å². The molecule has 1 heterocycles. The van der Waals surface area contributed by atoms with Gasteiger partial charge >= 0.3 is 0 Å². The molecular formula is C22H23ClN2OS. The van der Waals surface area contributed by atoms with Gasteiger partial charge in [0, 0.05) is 16.8 Å². The molecule has 1 aromatic heterocycles. The number of thioether (sulfide) groups is 1. The minimum absolute atomic E-state index is 0.292. The summed E-state index contributed by atoms with van der Waals surface area (Å²) < 4.78 is 5.99. The van der Waals surface area contributed by atoms with Crippen LogP contribution >= 0.6 is 23.4 Å². The normalized spacial score (nSPS) is 11.0. The van der Waals surface area contributed by atoms with Crippen LogP contribution < -0.4 is 4.74 Å². The average molecular weight is 399 g/mol. The Bertz CT molecular complexity index is 943. The highest BCUT2D eigenvalue weighted by Gasteiger charge is 2.11. The number of hydrogen-bond donors (Lipinski definition) is 0. The zero-order valence-corrected chi connectivity index (χ0v) is 17.6. The molecule has 3 aromatic rings.